The minimum atomic E-state index is -0.178. The molecule has 18 heavy (non-hydrogen) atoms. The molecule has 0 saturated heterocycles. The molecule has 1 unspecified atom stereocenters. The van der Waals surface area contributed by atoms with E-state index in [0.717, 1.165) is 18.8 Å². The van der Waals surface area contributed by atoms with E-state index in [1.807, 2.05) is 12.2 Å². The quantitative estimate of drug-likeness (QED) is 0.638. The van der Waals surface area contributed by atoms with Crippen LogP contribution in [0.4, 0.5) is 0 Å². The van der Waals surface area contributed by atoms with Crippen LogP contribution < -0.4 is 0 Å². The molecule has 1 saturated carbocycles. The van der Waals surface area contributed by atoms with E-state index in [2.05, 4.69) is 33.9 Å². The molecule has 1 rings (SSSR count). The lowest BCUT2D eigenvalue weighted by Crippen LogP contribution is -2.49. The van der Waals surface area contributed by atoms with Crippen LogP contribution in [0.3, 0.4) is 0 Å². The first-order valence-corrected chi connectivity index (χ1v) is 7.01. The van der Waals surface area contributed by atoms with Crippen LogP contribution in [0.15, 0.2) is 25.3 Å². The van der Waals surface area contributed by atoms with Crippen molar-refractivity contribution in [2.45, 2.75) is 51.7 Å². The molecule has 0 aromatic rings. The molecule has 104 valence electrons. The molecule has 1 aliphatic rings. The van der Waals surface area contributed by atoms with Crippen LogP contribution in [-0.4, -0.2) is 24.9 Å². The van der Waals surface area contributed by atoms with Gasteiger partial charge in [0.2, 0.25) is 0 Å². The molecule has 0 bridgehead atoms. The predicted molar refractivity (Wildman–Crippen MR) is 76.7 cm³/mol. The van der Waals surface area contributed by atoms with Gasteiger partial charge in [-0.1, -0.05) is 26.0 Å². The fraction of sp³-hybridized carbons (Fsp3) is 0.750. The highest BCUT2D eigenvalue weighted by molar-refractivity contribution is 4.94. The van der Waals surface area contributed by atoms with Gasteiger partial charge in [-0.25, -0.2) is 0 Å². The predicted octanol–water partition coefficient (Wildman–Crippen LogP) is 3.98. The molecule has 0 radical (unpaired) electrons. The minimum Gasteiger partial charge on any atom is -0.371 e. The zero-order valence-corrected chi connectivity index (χ0v) is 12.2. The number of rotatable bonds is 7. The second kappa shape index (κ2) is 7.10. The topological polar surface area (TPSA) is 18.5 Å². The van der Waals surface area contributed by atoms with Crippen molar-refractivity contribution in [3.8, 4) is 0 Å². The van der Waals surface area contributed by atoms with Crippen molar-refractivity contribution in [2.75, 3.05) is 13.2 Å². The number of hydrogen-bond acceptors (Lipinski definition) is 2. The maximum absolute atomic E-state index is 5.98. The molecule has 0 aliphatic heterocycles. The zero-order valence-electron chi connectivity index (χ0n) is 12.2. The van der Waals surface area contributed by atoms with Gasteiger partial charge >= 0.3 is 0 Å². The molecule has 1 aliphatic carbocycles. The Labute approximate surface area is 112 Å². The largest absolute Gasteiger partial charge is 0.371 e. The van der Waals surface area contributed by atoms with Crippen LogP contribution in [0.5, 0.6) is 0 Å². The summed E-state index contributed by atoms with van der Waals surface area (Å²) in [6.07, 6.45) is 7.15. The fourth-order valence-electron chi connectivity index (χ4n) is 2.72. The van der Waals surface area contributed by atoms with Crippen molar-refractivity contribution >= 4 is 0 Å². The maximum Gasteiger partial charge on any atom is 0.0919 e. The summed E-state index contributed by atoms with van der Waals surface area (Å²) >= 11 is 0. The summed E-state index contributed by atoms with van der Waals surface area (Å²) in [5.41, 5.74) is -0.178. The molecule has 3 atom stereocenters. The maximum atomic E-state index is 5.98. The highest BCUT2D eigenvalue weighted by atomic mass is 16.5. The summed E-state index contributed by atoms with van der Waals surface area (Å²) in [4.78, 5) is 0. The van der Waals surface area contributed by atoms with E-state index in [1.54, 1.807) is 0 Å². The van der Waals surface area contributed by atoms with E-state index in [9.17, 15) is 0 Å². The third kappa shape index (κ3) is 3.96. The van der Waals surface area contributed by atoms with Crippen LogP contribution in [0.1, 0.15) is 40.0 Å². The first-order valence-electron chi connectivity index (χ1n) is 7.01. The molecule has 2 nitrogen and oxygen atoms in total. The molecule has 1 fully saturated rings. The number of hydrogen-bond donors (Lipinski definition) is 0. The molecular weight excluding hydrogens is 224 g/mol. The van der Waals surface area contributed by atoms with E-state index in [0.29, 0.717) is 19.1 Å². The first kappa shape index (κ1) is 15.5. The zero-order chi connectivity index (χ0) is 13.6. The molecule has 0 aromatic carbocycles. The van der Waals surface area contributed by atoms with Gasteiger partial charge in [0.1, 0.15) is 0 Å². The van der Waals surface area contributed by atoms with Crippen LogP contribution in [0, 0.1) is 11.8 Å². The average molecular weight is 252 g/mol. The molecule has 0 N–H and O–H groups in total. The molecular formula is C16H28O2. The lowest BCUT2D eigenvalue weighted by Gasteiger charge is -2.44. The summed E-state index contributed by atoms with van der Waals surface area (Å²) in [7, 11) is 0. The van der Waals surface area contributed by atoms with Gasteiger partial charge in [0.05, 0.1) is 24.9 Å². The average Bonchev–Trinajstić information content (AvgIpc) is 2.35. The second-order valence-electron chi connectivity index (χ2n) is 5.80. The minimum absolute atomic E-state index is 0.164. The Morgan fingerprint density at radius 2 is 1.94 bits per heavy atom. The Balaban J connectivity index is 2.69. The highest BCUT2D eigenvalue weighted by Gasteiger charge is 2.42. The van der Waals surface area contributed by atoms with Gasteiger partial charge in [-0.3, -0.25) is 0 Å². The molecule has 0 spiro atoms. The van der Waals surface area contributed by atoms with Crippen LogP contribution >= 0.6 is 0 Å². The first-order chi connectivity index (χ1) is 8.53. The lowest BCUT2D eigenvalue weighted by molar-refractivity contribution is -0.156. The monoisotopic (exact) mass is 252 g/mol. The van der Waals surface area contributed by atoms with Gasteiger partial charge in [-0.15, -0.1) is 13.2 Å². The smallest absolute Gasteiger partial charge is 0.0919 e. The van der Waals surface area contributed by atoms with E-state index < -0.39 is 0 Å². The standard InChI is InChI=1S/C16H28O2/c1-6-10-17-15-12-14(13(3)4)8-9-16(15,5)18-11-7-2/h6-7,13-15H,1-2,8-12H2,3-5H3/t14?,15-,16-/m0/s1. The third-order valence-corrected chi connectivity index (χ3v) is 4.10. The highest BCUT2D eigenvalue weighted by Crippen LogP contribution is 2.39. The van der Waals surface area contributed by atoms with Crippen LogP contribution in [-0.2, 0) is 9.47 Å². The van der Waals surface area contributed by atoms with Crippen molar-refractivity contribution < 1.29 is 9.47 Å². The van der Waals surface area contributed by atoms with E-state index in [-0.39, 0.29) is 11.7 Å². The van der Waals surface area contributed by atoms with Gasteiger partial charge < -0.3 is 9.47 Å². The van der Waals surface area contributed by atoms with Gasteiger partial charge in [-0.2, -0.15) is 0 Å². The van der Waals surface area contributed by atoms with E-state index >= 15 is 0 Å². The van der Waals surface area contributed by atoms with Gasteiger partial charge in [0.15, 0.2) is 0 Å². The Bertz CT molecular complexity index is 272. The van der Waals surface area contributed by atoms with Crippen LogP contribution in [0.25, 0.3) is 0 Å². The van der Waals surface area contributed by atoms with Crippen molar-refractivity contribution in [1.82, 2.24) is 0 Å². The van der Waals surface area contributed by atoms with Gasteiger partial charge in [0.25, 0.3) is 0 Å². The van der Waals surface area contributed by atoms with Gasteiger partial charge in [-0.05, 0) is 38.0 Å². The third-order valence-electron chi connectivity index (χ3n) is 4.10. The van der Waals surface area contributed by atoms with Crippen molar-refractivity contribution in [1.29, 1.82) is 0 Å². The second-order valence-corrected chi connectivity index (χ2v) is 5.80. The van der Waals surface area contributed by atoms with Crippen molar-refractivity contribution in [2.24, 2.45) is 11.8 Å². The van der Waals surface area contributed by atoms with Gasteiger partial charge in [0, 0.05) is 0 Å². The summed E-state index contributed by atoms with van der Waals surface area (Å²) < 4.78 is 11.9. The SMILES string of the molecule is C=CCO[C@H]1CC(C(C)C)CC[C@]1(C)OCC=C. The Morgan fingerprint density at radius 3 is 2.50 bits per heavy atom. The summed E-state index contributed by atoms with van der Waals surface area (Å²) in [6, 6.07) is 0. The van der Waals surface area contributed by atoms with Crippen molar-refractivity contribution in [3.63, 3.8) is 0 Å². The normalized spacial score (nSPS) is 32.4. The van der Waals surface area contributed by atoms with Crippen molar-refractivity contribution in [3.05, 3.63) is 25.3 Å². The molecule has 0 amide bonds. The lowest BCUT2D eigenvalue weighted by atomic mass is 9.73. The van der Waals surface area contributed by atoms with E-state index in [1.165, 1.54) is 6.42 Å². The summed E-state index contributed by atoms with van der Waals surface area (Å²) in [6.45, 7) is 15.4. The molecule has 0 heterocycles. The molecule has 0 aromatic heterocycles. The fourth-order valence-corrected chi connectivity index (χ4v) is 2.72. The Hall–Kier alpha value is -0.600. The Kier molecular flexibility index (Phi) is 6.10. The molecule has 2 heteroatoms. The van der Waals surface area contributed by atoms with E-state index in [4.69, 9.17) is 9.47 Å². The summed E-state index contributed by atoms with van der Waals surface area (Å²) in [5.74, 6) is 1.45. The number of ether oxygens (including phenoxy) is 2. The Morgan fingerprint density at radius 1 is 1.28 bits per heavy atom. The van der Waals surface area contributed by atoms with Crippen LogP contribution in [0.2, 0.25) is 0 Å². The summed E-state index contributed by atoms with van der Waals surface area (Å²) in [5, 5.41) is 0.